The molecule has 1 rings (SSSR count). The van der Waals surface area contributed by atoms with E-state index in [0.29, 0.717) is 12.2 Å². The maximum atomic E-state index is 11.4. The number of rotatable bonds is 5. The monoisotopic (exact) mass is 232 g/mol. The molecule has 0 bridgehead atoms. The van der Waals surface area contributed by atoms with E-state index in [9.17, 15) is 4.79 Å². The first kappa shape index (κ1) is 13.0. The van der Waals surface area contributed by atoms with Crippen LogP contribution in [0.1, 0.15) is 22.8 Å². The van der Waals surface area contributed by atoms with Crippen LogP contribution in [-0.4, -0.2) is 25.8 Å². The van der Waals surface area contributed by atoms with Crippen molar-refractivity contribution in [3.8, 4) is 0 Å². The third-order valence-corrected chi connectivity index (χ3v) is 2.18. The molecule has 0 radical (unpaired) electrons. The van der Waals surface area contributed by atoms with Crippen LogP contribution in [0.3, 0.4) is 0 Å². The lowest BCUT2D eigenvalue weighted by molar-refractivity contribution is 0.0526. The molecule has 2 N–H and O–H groups in total. The van der Waals surface area contributed by atoms with Crippen LogP contribution in [0.4, 0.5) is 0 Å². The Morgan fingerprint density at radius 1 is 1.35 bits per heavy atom. The lowest BCUT2D eigenvalue weighted by Crippen LogP contribution is -2.04. The Kier molecular flexibility index (Phi) is 4.94. The van der Waals surface area contributed by atoms with Crippen LogP contribution in [0.25, 0.3) is 5.57 Å². The number of allylic oxidation sites excluding steroid dienone is 1. The molecular formula is C13H16N2O2. The minimum atomic E-state index is -0.326. The molecule has 90 valence electrons. The molecule has 0 spiro atoms. The highest BCUT2D eigenvalue weighted by Gasteiger charge is 2.06. The molecule has 0 unspecified atom stereocenters. The smallest absolute Gasteiger partial charge is 0.338 e. The number of hydrogen-bond acceptors (Lipinski definition) is 4. The van der Waals surface area contributed by atoms with Crippen molar-refractivity contribution in [1.29, 1.82) is 5.41 Å². The highest BCUT2D eigenvalue weighted by atomic mass is 16.5. The Bertz CT molecular complexity index is 422. The van der Waals surface area contributed by atoms with E-state index in [-0.39, 0.29) is 5.97 Å². The minimum absolute atomic E-state index is 0.326. The van der Waals surface area contributed by atoms with Gasteiger partial charge in [0, 0.05) is 25.0 Å². The molecule has 4 nitrogen and oxygen atoms in total. The average molecular weight is 232 g/mol. The summed E-state index contributed by atoms with van der Waals surface area (Å²) < 4.78 is 4.89. The Balaban J connectivity index is 2.91. The Morgan fingerprint density at radius 2 is 1.94 bits per heavy atom. The third kappa shape index (κ3) is 3.45. The van der Waals surface area contributed by atoms with Crippen LogP contribution in [-0.2, 0) is 4.74 Å². The van der Waals surface area contributed by atoms with Gasteiger partial charge in [0.05, 0.1) is 12.2 Å². The van der Waals surface area contributed by atoms with Crippen molar-refractivity contribution in [2.24, 2.45) is 0 Å². The average Bonchev–Trinajstić information content (AvgIpc) is 2.36. The first-order chi connectivity index (χ1) is 8.22. The van der Waals surface area contributed by atoms with Crippen molar-refractivity contribution in [2.75, 3.05) is 13.7 Å². The van der Waals surface area contributed by atoms with Crippen molar-refractivity contribution in [1.82, 2.24) is 5.32 Å². The van der Waals surface area contributed by atoms with Gasteiger partial charge in [-0.15, -0.1) is 0 Å². The molecule has 0 saturated heterocycles. The predicted molar refractivity (Wildman–Crippen MR) is 68.2 cm³/mol. The summed E-state index contributed by atoms with van der Waals surface area (Å²) in [5, 5.41) is 10.1. The molecule has 0 aliphatic carbocycles. The normalized spacial score (nSPS) is 10.8. The van der Waals surface area contributed by atoms with Gasteiger partial charge in [0.15, 0.2) is 0 Å². The van der Waals surface area contributed by atoms with Gasteiger partial charge < -0.3 is 15.5 Å². The van der Waals surface area contributed by atoms with Crippen LogP contribution in [0.2, 0.25) is 0 Å². The molecule has 0 fully saturated rings. The summed E-state index contributed by atoms with van der Waals surface area (Å²) in [4.78, 5) is 11.4. The summed E-state index contributed by atoms with van der Waals surface area (Å²) >= 11 is 0. The third-order valence-electron chi connectivity index (χ3n) is 2.18. The van der Waals surface area contributed by atoms with Crippen molar-refractivity contribution in [3.63, 3.8) is 0 Å². The number of hydrogen-bond donors (Lipinski definition) is 2. The molecule has 0 amide bonds. The number of esters is 1. The van der Waals surface area contributed by atoms with Gasteiger partial charge in [0.25, 0.3) is 0 Å². The fraction of sp³-hybridized carbons (Fsp3) is 0.231. The molecule has 0 aliphatic heterocycles. The first-order valence-corrected chi connectivity index (χ1v) is 5.38. The van der Waals surface area contributed by atoms with Crippen LogP contribution in [0, 0.1) is 5.41 Å². The Labute approximate surface area is 101 Å². The fourth-order valence-electron chi connectivity index (χ4n) is 1.38. The van der Waals surface area contributed by atoms with E-state index in [1.54, 1.807) is 44.4 Å². The van der Waals surface area contributed by atoms with Crippen molar-refractivity contribution in [3.05, 3.63) is 41.6 Å². The van der Waals surface area contributed by atoms with E-state index < -0.39 is 0 Å². The second-order valence-corrected chi connectivity index (χ2v) is 3.33. The SMILES string of the molecule is CCOC(=O)c1ccc(/C(C=N)=C/NC)cc1. The molecule has 0 saturated carbocycles. The lowest BCUT2D eigenvalue weighted by atomic mass is 10.1. The number of carbonyl (C=O) groups is 1. The van der Waals surface area contributed by atoms with Crippen LogP contribution in [0.15, 0.2) is 30.5 Å². The minimum Gasteiger partial charge on any atom is -0.462 e. The van der Waals surface area contributed by atoms with Gasteiger partial charge in [-0.2, -0.15) is 0 Å². The van der Waals surface area contributed by atoms with E-state index in [2.05, 4.69) is 5.32 Å². The van der Waals surface area contributed by atoms with Gasteiger partial charge in [-0.1, -0.05) is 12.1 Å². The topological polar surface area (TPSA) is 62.2 Å². The predicted octanol–water partition coefficient (Wildman–Crippen LogP) is 2.07. The summed E-state index contributed by atoms with van der Waals surface area (Å²) in [6.07, 6.45) is 2.99. The van der Waals surface area contributed by atoms with Gasteiger partial charge in [0.1, 0.15) is 0 Å². The molecule has 1 aromatic rings. The van der Waals surface area contributed by atoms with Crippen LogP contribution in [0.5, 0.6) is 0 Å². The second kappa shape index (κ2) is 6.48. The highest BCUT2D eigenvalue weighted by Crippen LogP contribution is 2.13. The quantitative estimate of drug-likeness (QED) is 0.603. The number of nitrogens with one attached hydrogen (secondary N) is 2. The zero-order valence-electron chi connectivity index (χ0n) is 9.99. The van der Waals surface area contributed by atoms with E-state index >= 15 is 0 Å². The summed E-state index contributed by atoms with van der Waals surface area (Å²) in [6, 6.07) is 6.97. The zero-order valence-corrected chi connectivity index (χ0v) is 9.99. The largest absolute Gasteiger partial charge is 0.462 e. The fourth-order valence-corrected chi connectivity index (χ4v) is 1.38. The van der Waals surface area contributed by atoms with Crippen molar-refractivity contribution in [2.45, 2.75) is 6.92 Å². The molecule has 0 aliphatic rings. The second-order valence-electron chi connectivity index (χ2n) is 3.33. The van der Waals surface area contributed by atoms with Crippen LogP contribution < -0.4 is 5.32 Å². The van der Waals surface area contributed by atoms with Gasteiger partial charge in [-0.3, -0.25) is 0 Å². The Morgan fingerprint density at radius 3 is 2.41 bits per heavy atom. The lowest BCUT2D eigenvalue weighted by Gasteiger charge is -2.04. The molecule has 0 aromatic heterocycles. The van der Waals surface area contributed by atoms with E-state index in [4.69, 9.17) is 10.1 Å². The summed E-state index contributed by atoms with van der Waals surface area (Å²) in [5.41, 5.74) is 2.15. The molecule has 0 atom stereocenters. The van der Waals surface area contributed by atoms with Gasteiger partial charge in [-0.05, 0) is 24.6 Å². The molecular weight excluding hydrogens is 216 g/mol. The summed E-state index contributed by atoms with van der Waals surface area (Å²) in [6.45, 7) is 2.14. The number of carbonyl (C=O) groups excluding carboxylic acids is 1. The maximum absolute atomic E-state index is 11.4. The highest BCUT2D eigenvalue weighted by molar-refractivity contribution is 6.08. The molecule has 4 heteroatoms. The first-order valence-electron chi connectivity index (χ1n) is 5.38. The van der Waals surface area contributed by atoms with E-state index in [1.165, 1.54) is 6.21 Å². The van der Waals surface area contributed by atoms with Gasteiger partial charge in [-0.25, -0.2) is 4.79 Å². The Hall–Kier alpha value is -2.10. The number of benzene rings is 1. The van der Waals surface area contributed by atoms with Gasteiger partial charge in [0.2, 0.25) is 0 Å². The maximum Gasteiger partial charge on any atom is 0.338 e. The van der Waals surface area contributed by atoms with Crippen LogP contribution >= 0.6 is 0 Å². The molecule has 17 heavy (non-hydrogen) atoms. The molecule has 1 aromatic carbocycles. The number of ether oxygens (including phenoxy) is 1. The van der Waals surface area contributed by atoms with E-state index in [0.717, 1.165) is 11.1 Å². The van der Waals surface area contributed by atoms with Crippen molar-refractivity contribution < 1.29 is 9.53 Å². The van der Waals surface area contributed by atoms with Gasteiger partial charge >= 0.3 is 5.97 Å². The summed E-state index contributed by atoms with van der Waals surface area (Å²) in [7, 11) is 1.77. The zero-order chi connectivity index (χ0) is 12.7. The van der Waals surface area contributed by atoms with Crippen molar-refractivity contribution >= 4 is 17.8 Å². The summed E-state index contributed by atoms with van der Waals surface area (Å²) in [5.74, 6) is -0.326. The molecule has 0 heterocycles. The standard InChI is InChI=1S/C13H16N2O2/c1-3-17-13(16)11-6-4-10(5-7-11)12(8-14)9-15-2/h4-9,14-15H,3H2,1-2H3/b12-9+,14-8?. The van der Waals surface area contributed by atoms with E-state index in [1.807, 2.05) is 0 Å².